The number of thiazole rings is 1. The van der Waals surface area contributed by atoms with Gasteiger partial charge >= 0.3 is 25.6 Å². The van der Waals surface area contributed by atoms with Gasteiger partial charge in [0.25, 0.3) is 0 Å². The number of aryl methyl sites for hydroxylation is 4. The van der Waals surface area contributed by atoms with E-state index in [9.17, 15) is 86.0 Å². The predicted octanol–water partition coefficient (Wildman–Crippen LogP) is 20.9. The van der Waals surface area contributed by atoms with Crippen LogP contribution in [0.2, 0.25) is 0 Å². The van der Waals surface area contributed by atoms with Gasteiger partial charge in [0.05, 0.1) is 143 Å². The second kappa shape index (κ2) is 34.6. The number of ether oxygens (including phenoxy) is 2. The van der Waals surface area contributed by atoms with E-state index in [0.717, 1.165) is 89.2 Å². The Balaban J connectivity index is 0.000000134. The van der Waals surface area contributed by atoms with E-state index in [2.05, 4.69) is 85.6 Å². The van der Waals surface area contributed by atoms with Crippen LogP contribution in [0.25, 0.3) is 78.3 Å². The molecule has 24 nitrogen and oxygen atoms in total. The van der Waals surface area contributed by atoms with Crippen LogP contribution in [-0.4, -0.2) is 85.8 Å². The average molecular weight is 1710 g/mol. The van der Waals surface area contributed by atoms with Crippen LogP contribution in [-0.2, 0) is 12.4 Å². The Hall–Kier alpha value is -15.9. The molecule has 17 aromatic rings. The molecule has 0 spiro atoms. The normalized spacial score (nSPS) is 11.4. The summed E-state index contributed by atoms with van der Waals surface area (Å²) in [7, 11) is 0. The van der Waals surface area contributed by atoms with Crippen LogP contribution in [0.3, 0.4) is 0 Å². The first-order valence-electron chi connectivity index (χ1n) is 35.5. The van der Waals surface area contributed by atoms with E-state index < -0.39 is 77.4 Å². The second-order valence-electron chi connectivity index (χ2n) is 26.1. The number of rotatable bonds is 16. The number of para-hydroxylation sites is 2. The van der Waals surface area contributed by atoms with E-state index in [1.165, 1.54) is 111 Å². The molecule has 0 aliphatic carbocycles. The number of halogens is 16. The summed E-state index contributed by atoms with van der Waals surface area (Å²) in [6.07, 6.45) is -1.32. The van der Waals surface area contributed by atoms with Gasteiger partial charge in [-0.2, -0.15) is 59.7 Å². The second-order valence-corrected chi connectivity index (χ2v) is 27.2. The molecular formula is C82H50F16N22O2S. The predicted molar refractivity (Wildman–Crippen MR) is 418 cm³/mol. The van der Waals surface area contributed by atoms with E-state index in [4.69, 9.17) is 0 Å². The molecule has 0 aliphatic rings. The molecule has 618 valence electrons. The number of nitriles is 3. The van der Waals surface area contributed by atoms with E-state index in [1.54, 1.807) is 27.0 Å². The number of alkyl halides is 10. The number of aromatic nitrogens is 15. The van der Waals surface area contributed by atoms with Crippen molar-refractivity contribution in [2.24, 2.45) is 0 Å². The van der Waals surface area contributed by atoms with E-state index in [1.807, 2.05) is 54.0 Å². The summed E-state index contributed by atoms with van der Waals surface area (Å²) >= 11 is 1.12. The maximum atomic E-state index is 14.1. The lowest BCUT2D eigenvalue weighted by Crippen LogP contribution is -2.04. The minimum Gasteiger partial charge on any atom is -0.435 e. The molecule has 0 aliphatic heterocycles. The zero-order valence-electron chi connectivity index (χ0n) is 63.0. The van der Waals surface area contributed by atoms with Crippen LogP contribution in [0.5, 0.6) is 11.5 Å². The molecule has 123 heavy (non-hydrogen) atoms. The van der Waals surface area contributed by atoms with Crippen molar-refractivity contribution in [3.8, 4) is 69.7 Å². The molecule has 0 unspecified atom stereocenters. The largest absolute Gasteiger partial charge is 0.435 e. The molecular weight excluding hydrogens is 1660 g/mol. The first-order chi connectivity index (χ1) is 58.7. The summed E-state index contributed by atoms with van der Waals surface area (Å²) in [5.74, 6) is -2.84. The third-order valence-electron chi connectivity index (χ3n) is 17.6. The van der Waals surface area contributed by atoms with Crippen LogP contribution < -0.4 is 30.7 Å². The number of hydrogen-bond donors (Lipinski definition) is 4. The van der Waals surface area contributed by atoms with Crippen LogP contribution in [0.1, 0.15) is 50.7 Å². The molecule has 0 amide bonds. The number of fused-ring (bicyclic) bond motifs is 5. The molecule has 0 radical (unpaired) electrons. The molecule has 12 heterocycles. The molecule has 41 heteroatoms. The number of imidazole rings is 4. The fourth-order valence-corrected chi connectivity index (χ4v) is 13.5. The Morgan fingerprint density at radius 1 is 0.431 bits per heavy atom. The number of hydrogen-bond acceptors (Lipinski definition) is 21. The van der Waals surface area contributed by atoms with Gasteiger partial charge in [0.15, 0.2) is 57.1 Å². The Kier molecular flexibility index (Phi) is 23.5. The van der Waals surface area contributed by atoms with Crippen LogP contribution in [0.15, 0.2) is 195 Å². The zero-order chi connectivity index (χ0) is 87.5. The number of pyridine rings is 5. The molecule has 4 N–H and O–H groups in total. The first-order valence-corrected chi connectivity index (χ1v) is 36.3. The van der Waals surface area contributed by atoms with Gasteiger partial charge in [-0.15, -0.1) is 0 Å². The Labute approximate surface area is 685 Å². The maximum Gasteiger partial charge on any atom is 0.416 e. The van der Waals surface area contributed by atoms with Gasteiger partial charge in [-0.1, -0.05) is 23.5 Å². The molecule has 12 aromatic heterocycles. The molecule has 0 bridgehead atoms. The highest BCUT2D eigenvalue weighted by atomic mass is 32.1. The Morgan fingerprint density at radius 2 is 0.927 bits per heavy atom. The van der Waals surface area contributed by atoms with E-state index in [0.29, 0.717) is 78.6 Å². The van der Waals surface area contributed by atoms with E-state index >= 15 is 0 Å². The van der Waals surface area contributed by atoms with Crippen molar-refractivity contribution >= 4 is 95.1 Å². The number of nitrogens with zero attached hydrogens (tertiary/aromatic N) is 18. The molecule has 0 fully saturated rings. The van der Waals surface area contributed by atoms with Crippen molar-refractivity contribution in [1.29, 1.82) is 15.8 Å². The van der Waals surface area contributed by atoms with Crippen molar-refractivity contribution in [1.82, 2.24) is 72.6 Å². The minimum atomic E-state index is -4.46. The summed E-state index contributed by atoms with van der Waals surface area (Å²) in [5, 5.41) is 40.3. The number of anilines is 8. The number of nitrogens with one attached hydrogen (secondary N) is 4. The molecule has 0 saturated heterocycles. The zero-order valence-corrected chi connectivity index (χ0v) is 63.8. The van der Waals surface area contributed by atoms with Gasteiger partial charge in [0, 0.05) is 47.7 Å². The third kappa shape index (κ3) is 19.0. The molecule has 17 rings (SSSR count). The Bertz CT molecular complexity index is 7040. The lowest BCUT2D eigenvalue weighted by Gasteiger charge is -2.11. The quantitative estimate of drug-likeness (QED) is 0.0653. The molecule has 5 aromatic carbocycles. The lowest BCUT2D eigenvalue weighted by molar-refractivity contribution is -0.138. The van der Waals surface area contributed by atoms with Crippen molar-refractivity contribution in [3.05, 3.63) is 281 Å². The van der Waals surface area contributed by atoms with Crippen molar-refractivity contribution in [3.63, 3.8) is 0 Å². The van der Waals surface area contributed by atoms with Crippen molar-refractivity contribution in [2.75, 3.05) is 21.3 Å². The molecule has 0 atom stereocenters. The summed E-state index contributed by atoms with van der Waals surface area (Å²) < 4.78 is 224. The highest BCUT2D eigenvalue weighted by Crippen LogP contribution is 2.38. The monoisotopic (exact) mass is 1710 g/mol. The van der Waals surface area contributed by atoms with Crippen LogP contribution in [0, 0.1) is 96.6 Å². The topological polar surface area (TPSA) is 298 Å². The van der Waals surface area contributed by atoms with Gasteiger partial charge in [-0.05, 0) is 155 Å². The van der Waals surface area contributed by atoms with E-state index in [-0.39, 0.29) is 79.7 Å². The maximum absolute atomic E-state index is 14.1. The summed E-state index contributed by atoms with van der Waals surface area (Å²) in [6.45, 7) is 0.690. The SMILES string of the molecule is Cc1nc2c(F)cc(F)cn2c1-c1cc(C#N)cc(Nc2ccc(C(F)(F)F)cc2)n1.Cc1nc2c(F)cc(F)cn2c1-c1cc(C#N)cc(Nc2ccc(OC(F)F)cc2)n1.Cc1nc2ccccc2n1-c1cncc(Nc2nc3ccc(C(F)(F)F)cc3s2)n1.Cc1nc2ncc(F)cn2c1-c1cc(C#N)cc(Nc2ccc(OC(F)F)c(F)c2)n1. The highest BCUT2D eigenvalue weighted by Gasteiger charge is 2.32. The Morgan fingerprint density at radius 3 is 1.46 bits per heavy atom. The van der Waals surface area contributed by atoms with Gasteiger partial charge in [0.2, 0.25) is 5.78 Å². The van der Waals surface area contributed by atoms with Crippen LogP contribution >= 0.6 is 11.3 Å². The van der Waals surface area contributed by atoms with Gasteiger partial charge in [0.1, 0.15) is 40.7 Å². The van der Waals surface area contributed by atoms with Gasteiger partial charge < -0.3 is 30.7 Å². The van der Waals surface area contributed by atoms with Crippen LogP contribution in [0.4, 0.5) is 116 Å². The van der Waals surface area contributed by atoms with Gasteiger partial charge in [-0.25, -0.2) is 76.2 Å². The smallest absolute Gasteiger partial charge is 0.416 e. The third-order valence-corrected chi connectivity index (χ3v) is 18.6. The summed E-state index contributed by atoms with van der Waals surface area (Å²) in [6, 6.07) is 40.6. The fourth-order valence-electron chi connectivity index (χ4n) is 12.6. The van der Waals surface area contributed by atoms with Crippen molar-refractivity contribution < 1.29 is 79.7 Å². The average Bonchev–Trinajstić information content (AvgIpc) is 1.63. The standard InChI is InChI=1S/C21H12F5N5.C21H13F4N5O.C20H12F4N6O.C20H13F3N6S/c1-11-19(31-10-14(22)8-16(23)20(31)28-11)17-6-12(9-27)7-18(30-17)29-15-4-2-13(3-5-15)21(24,25)26;1-11-19(30-10-13(22)8-16(23)20(30)27-11)17-6-12(9-26)7-18(29-17)28-14-2-4-15(5-3-14)31-21(24)25;1-10-18(30-9-12(21)8-26-20(30)27-10)15-4-11(7-25)5-17(29-15)28-13-2-3-16(14(22)6-13)31-19(23)24;1-11-25-13-4-2-3-5-15(13)29(11)18-10-24-9-17(27-18)28-19-26-14-7-6-12(20(21,22)23)8-16(14)30-19/h2-8,10H,1H3,(H,29,30);2-8,10,21H,1H3,(H,28,29);2-6,8-9,19H,1H3,(H,28,29);2-10H,1H3,(H,26,27,28). The van der Waals surface area contributed by atoms with Crippen molar-refractivity contribution in [2.45, 2.75) is 53.3 Å². The summed E-state index contributed by atoms with van der Waals surface area (Å²) in [5.41, 5.74) is 5.30. The first kappa shape index (κ1) is 83.6. The minimum absolute atomic E-state index is 0.00891. The fraction of sp³-hybridized carbons (Fsp3) is 0.0976. The highest BCUT2D eigenvalue weighted by molar-refractivity contribution is 7.22. The lowest BCUT2D eigenvalue weighted by atomic mass is 10.1. The summed E-state index contributed by atoms with van der Waals surface area (Å²) in [4.78, 5) is 47.3. The van der Waals surface area contributed by atoms with Gasteiger partial charge in [-0.3, -0.25) is 22.8 Å². The molecule has 0 saturated carbocycles. The number of benzene rings is 5.